The minimum absolute atomic E-state index is 0.285. The molecule has 1 amide bonds. The van der Waals surface area contributed by atoms with Gasteiger partial charge in [-0.25, -0.2) is 9.78 Å². The van der Waals surface area contributed by atoms with Gasteiger partial charge in [-0.05, 0) is 61.9 Å². The number of nitrogens with zero attached hydrogens (tertiary/aromatic N) is 1. The van der Waals surface area contributed by atoms with Crippen LogP contribution < -0.4 is 19.7 Å². The van der Waals surface area contributed by atoms with Crippen LogP contribution in [0.1, 0.15) is 34.6 Å². The zero-order chi connectivity index (χ0) is 34.0. The van der Waals surface area contributed by atoms with Gasteiger partial charge in [-0.15, -0.1) is 11.3 Å². The molecule has 4 aromatic carbocycles. The van der Waals surface area contributed by atoms with E-state index in [2.05, 4.69) is 10.6 Å². The normalized spacial score (nSPS) is 10.7. The second kappa shape index (κ2) is 16.1. The number of phenols is 1. The molecule has 0 bridgehead atoms. The van der Waals surface area contributed by atoms with E-state index in [0.29, 0.717) is 18.8 Å². The van der Waals surface area contributed by atoms with E-state index < -0.39 is 24.3 Å². The van der Waals surface area contributed by atoms with Crippen LogP contribution in [0, 0.1) is 6.92 Å². The number of aromatic hydroxyl groups is 1. The predicted octanol–water partition coefficient (Wildman–Crippen LogP) is 5.53. The van der Waals surface area contributed by atoms with Gasteiger partial charge in [-0.2, -0.15) is 0 Å². The smallest absolute Gasteiger partial charge is 0.338 e. The van der Waals surface area contributed by atoms with Gasteiger partial charge >= 0.3 is 94.1 Å². The molecule has 0 saturated heterocycles. The van der Waals surface area contributed by atoms with E-state index in [1.165, 1.54) is 13.0 Å². The van der Waals surface area contributed by atoms with Crippen LogP contribution >= 0.6 is 11.3 Å². The Kier molecular flexibility index (Phi) is 12.0. The molecule has 0 fully saturated rings. The van der Waals surface area contributed by atoms with Crippen molar-refractivity contribution in [1.82, 2.24) is 4.98 Å². The van der Waals surface area contributed by atoms with E-state index in [9.17, 15) is 18.4 Å². The number of thiazole rings is 1. The third-order valence-corrected chi connectivity index (χ3v) is 9.40. The van der Waals surface area contributed by atoms with Crippen LogP contribution in [0.15, 0.2) is 97.1 Å². The summed E-state index contributed by atoms with van der Waals surface area (Å²) < 4.78 is 39.2. The molecular weight excluding hydrogens is 685 g/mol. The Labute approximate surface area is 278 Å². The molecule has 13 heteroatoms. The molecule has 0 spiro atoms. The van der Waals surface area contributed by atoms with Crippen molar-refractivity contribution in [1.29, 1.82) is 0 Å². The van der Waals surface area contributed by atoms with Crippen molar-refractivity contribution in [3.63, 3.8) is 0 Å². The van der Waals surface area contributed by atoms with Gasteiger partial charge in [0.1, 0.15) is 12.4 Å². The maximum atomic E-state index is 12.0. The summed E-state index contributed by atoms with van der Waals surface area (Å²) in [6.07, 6.45) is 0. The molecule has 0 atom stereocenters. The third kappa shape index (κ3) is 10.3. The van der Waals surface area contributed by atoms with E-state index in [0.717, 1.165) is 50.4 Å². The summed E-state index contributed by atoms with van der Waals surface area (Å²) in [6, 6.07) is 28.8. The van der Waals surface area contributed by atoms with Crippen molar-refractivity contribution >= 4 is 58.2 Å². The Bertz CT molecular complexity index is 1870. The molecule has 0 saturated carbocycles. The Morgan fingerprint density at radius 1 is 0.915 bits per heavy atom. The number of phenolic OH excluding ortho intramolecular Hbond substituents is 1. The first-order valence-electron chi connectivity index (χ1n) is 14.4. The standard InChI is InChI=1S/C26H24N2O3S.C8H10AsNO5/c1-3-30-25(29)21-10-7-11-22(16-21)27-26-28-24(18(2)32-26)20-12-14-23(15-13-20)31-17-19-8-5-4-6-9-19;1-5(11)10-6-2-3-7(8(12)4-6)9(13,14)15/h4-16H,3,17H2,1-2H3,(H,27,28);2-4,12H,1H3,(H,10,11)(H2,13,14,15). The predicted molar refractivity (Wildman–Crippen MR) is 182 cm³/mol. The largest absolute Gasteiger partial charge is 0.489 e. The average Bonchev–Trinajstić information content (AvgIpc) is 3.40. The van der Waals surface area contributed by atoms with Gasteiger partial charge in [-0.3, -0.25) is 0 Å². The number of anilines is 3. The van der Waals surface area contributed by atoms with E-state index in [-0.39, 0.29) is 17.6 Å². The number of aromatic nitrogens is 1. The SMILES string of the molecule is CC(=O)Nc1ccc([As](=O)(O)O)c(O)c1.CCOC(=O)c1cccc(Nc2nc(-c3ccc(OCc4ccccc4)cc3)c(C)s2)c1. The minimum atomic E-state index is -5.09. The molecule has 1 aromatic heterocycles. The van der Waals surface area contributed by atoms with Gasteiger partial charge in [0.25, 0.3) is 0 Å². The number of carbonyl (C=O) groups is 2. The quantitative estimate of drug-likeness (QED) is 0.0915. The Balaban J connectivity index is 0.000000280. The van der Waals surface area contributed by atoms with Gasteiger partial charge in [0.05, 0.1) is 17.9 Å². The van der Waals surface area contributed by atoms with Crippen LogP contribution in [0.3, 0.4) is 0 Å². The van der Waals surface area contributed by atoms with Gasteiger partial charge < -0.3 is 14.8 Å². The van der Waals surface area contributed by atoms with Crippen molar-refractivity contribution in [2.75, 3.05) is 17.2 Å². The number of hydrogen-bond acceptors (Lipinski definition) is 9. The molecule has 5 aromatic rings. The Morgan fingerprint density at radius 2 is 1.64 bits per heavy atom. The molecule has 5 N–H and O–H groups in total. The summed E-state index contributed by atoms with van der Waals surface area (Å²) in [7, 11) is 0. The van der Waals surface area contributed by atoms with E-state index >= 15 is 0 Å². The summed E-state index contributed by atoms with van der Waals surface area (Å²) in [5.41, 5.74) is 4.67. The Hall–Kier alpha value is -4.87. The number of benzene rings is 4. The van der Waals surface area contributed by atoms with Crippen molar-refractivity contribution in [2.45, 2.75) is 27.4 Å². The molecule has 0 aliphatic carbocycles. The molecular formula is C34H34AsN3O8S. The Morgan fingerprint density at radius 3 is 2.28 bits per heavy atom. The molecule has 0 unspecified atom stereocenters. The van der Waals surface area contributed by atoms with Gasteiger partial charge in [0, 0.05) is 16.1 Å². The maximum Gasteiger partial charge on any atom is 0.338 e. The second-order valence-electron chi connectivity index (χ2n) is 10.1. The summed E-state index contributed by atoms with van der Waals surface area (Å²) in [5.74, 6) is -0.362. The topological polar surface area (TPSA) is 167 Å². The minimum Gasteiger partial charge on any atom is -0.489 e. The summed E-state index contributed by atoms with van der Waals surface area (Å²) in [4.78, 5) is 28.5. The van der Waals surface area contributed by atoms with Crippen LogP contribution in [0.5, 0.6) is 11.5 Å². The van der Waals surface area contributed by atoms with E-state index in [1.54, 1.807) is 30.4 Å². The number of nitrogens with one attached hydrogen (secondary N) is 2. The fourth-order valence-corrected chi connectivity index (χ4v) is 6.46. The molecule has 5 rings (SSSR count). The van der Waals surface area contributed by atoms with Crippen LogP contribution in [0.2, 0.25) is 0 Å². The second-order valence-corrected chi connectivity index (χ2v) is 14.6. The van der Waals surface area contributed by atoms with E-state index in [4.69, 9.17) is 22.6 Å². The van der Waals surface area contributed by atoms with Crippen molar-refractivity contribution in [3.05, 3.63) is 113 Å². The number of hydrogen-bond donors (Lipinski definition) is 5. The van der Waals surface area contributed by atoms with Crippen LogP contribution in [0.4, 0.5) is 16.5 Å². The summed E-state index contributed by atoms with van der Waals surface area (Å²) >= 11 is -3.52. The average molecular weight is 720 g/mol. The molecule has 0 aliphatic heterocycles. The zero-order valence-corrected chi connectivity index (χ0v) is 28.5. The molecule has 1 heterocycles. The number of carbonyl (C=O) groups excluding carboxylic acids is 2. The third-order valence-electron chi connectivity index (χ3n) is 6.41. The zero-order valence-electron chi connectivity index (χ0n) is 25.8. The van der Waals surface area contributed by atoms with Gasteiger partial charge in [-0.1, -0.05) is 36.4 Å². The first kappa shape index (κ1) is 35.0. The molecule has 47 heavy (non-hydrogen) atoms. The number of ether oxygens (including phenoxy) is 2. The molecule has 11 nitrogen and oxygen atoms in total. The molecule has 244 valence electrons. The number of esters is 1. The molecule has 0 aliphatic rings. The van der Waals surface area contributed by atoms with Gasteiger partial charge in [0.2, 0.25) is 0 Å². The fourth-order valence-electron chi connectivity index (χ4n) is 4.28. The monoisotopic (exact) mass is 719 g/mol. The first-order valence-corrected chi connectivity index (χ1v) is 18.6. The van der Waals surface area contributed by atoms with Crippen LogP contribution in [-0.2, 0) is 19.9 Å². The van der Waals surface area contributed by atoms with Gasteiger partial charge in [0.15, 0.2) is 5.13 Å². The van der Waals surface area contributed by atoms with Crippen molar-refractivity contribution < 1.29 is 36.1 Å². The van der Waals surface area contributed by atoms with Crippen LogP contribution in [-0.4, -0.2) is 50.9 Å². The van der Waals surface area contributed by atoms with E-state index in [1.807, 2.05) is 73.7 Å². The first-order chi connectivity index (χ1) is 22.4. The summed E-state index contributed by atoms with van der Waals surface area (Å²) in [5, 5.41) is 15.8. The summed E-state index contributed by atoms with van der Waals surface area (Å²) in [6.45, 7) is 6.02. The number of aryl methyl sites for hydroxylation is 1. The maximum absolute atomic E-state index is 12.0. The van der Waals surface area contributed by atoms with Crippen molar-refractivity contribution in [3.8, 4) is 22.8 Å². The fraction of sp³-hybridized carbons (Fsp3) is 0.147. The molecule has 0 radical (unpaired) electrons. The number of rotatable bonds is 10. The van der Waals surface area contributed by atoms with Crippen molar-refractivity contribution in [2.24, 2.45) is 0 Å². The number of amides is 1. The van der Waals surface area contributed by atoms with Crippen LogP contribution in [0.25, 0.3) is 11.3 Å².